The summed E-state index contributed by atoms with van der Waals surface area (Å²) < 4.78 is 5.34. The van der Waals surface area contributed by atoms with Crippen LogP contribution >= 0.6 is 0 Å². The number of rotatable bonds is 25. The van der Waals surface area contributed by atoms with Crippen molar-refractivity contribution in [2.45, 2.75) is 135 Å². The van der Waals surface area contributed by atoms with E-state index >= 15 is 0 Å². The molecule has 0 saturated heterocycles. The molecule has 0 aromatic rings. The quantitative estimate of drug-likeness (QED) is 0.114. The van der Waals surface area contributed by atoms with Crippen molar-refractivity contribution in [3.63, 3.8) is 0 Å². The summed E-state index contributed by atoms with van der Waals surface area (Å²) in [6.45, 7) is 4.52. The largest absolute Gasteiger partial charge is 0.466 e. The van der Waals surface area contributed by atoms with E-state index in [1.54, 1.807) is 4.90 Å². The average Bonchev–Trinajstić information content (AvgIpc) is 2.80. The molecule has 0 heterocycles. The van der Waals surface area contributed by atoms with Gasteiger partial charge >= 0.3 is 12.0 Å². The third-order valence-corrected chi connectivity index (χ3v) is 6.22. The molecular formula is C27H54N2O4. The first-order valence-electron chi connectivity index (χ1n) is 13.9. The Morgan fingerprint density at radius 1 is 0.667 bits per heavy atom. The minimum atomic E-state index is -0.331. The first-order valence-corrected chi connectivity index (χ1v) is 13.9. The lowest BCUT2D eigenvalue weighted by atomic mass is 10.1. The molecule has 0 bridgehead atoms. The fourth-order valence-electron chi connectivity index (χ4n) is 4.05. The summed E-state index contributed by atoms with van der Waals surface area (Å²) in [7, 11) is 0. The monoisotopic (exact) mass is 470 g/mol. The number of ether oxygens (including phenoxy) is 1. The molecule has 6 nitrogen and oxygen atoms in total. The summed E-state index contributed by atoms with van der Waals surface area (Å²) in [5.74, 6) is -0.0759. The lowest BCUT2D eigenvalue weighted by molar-refractivity contribution is -0.143. The molecule has 6 heteroatoms. The molecule has 0 saturated carbocycles. The van der Waals surface area contributed by atoms with Crippen LogP contribution in [0.5, 0.6) is 0 Å². The molecular weight excluding hydrogens is 416 g/mol. The molecule has 2 amide bonds. The Bertz CT molecular complexity index is 446. The molecule has 0 aliphatic carbocycles. The molecule has 33 heavy (non-hydrogen) atoms. The van der Waals surface area contributed by atoms with E-state index in [-0.39, 0.29) is 18.6 Å². The maximum absolute atomic E-state index is 11.8. The Labute approximate surface area is 204 Å². The highest BCUT2D eigenvalue weighted by Gasteiger charge is 2.09. The van der Waals surface area contributed by atoms with Gasteiger partial charge in [0, 0.05) is 26.1 Å². The predicted octanol–water partition coefficient (Wildman–Crippen LogP) is 6.72. The Balaban J connectivity index is 3.52. The smallest absolute Gasteiger partial charge is 0.314 e. The molecule has 0 radical (unpaired) electrons. The predicted molar refractivity (Wildman–Crippen MR) is 137 cm³/mol. The van der Waals surface area contributed by atoms with Gasteiger partial charge in [0.2, 0.25) is 0 Å². The van der Waals surface area contributed by atoms with Crippen LogP contribution in [0.4, 0.5) is 4.79 Å². The molecule has 0 aliphatic heterocycles. The van der Waals surface area contributed by atoms with Crippen LogP contribution in [0.25, 0.3) is 0 Å². The molecule has 0 aromatic carbocycles. The van der Waals surface area contributed by atoms with Crippen LogP contribution in [0.2, 0.25) is 0 Å². The zero-order valence-electron chi connectivity index (χ0n) is 21.7. The van der Waals surface area contributed by atoms with Crippen molar-refractivity contribution in [3.8, 4) is 0 Å². The summed E-state index contributed by atoms with van der Waals surface area (Å²) >= 11 is 0. The van der Waals surface area contributed by atoms with Crippen molar-refractivity contribution in [1.29, 1.82) is 0 Å². The molecule has 0 fully saturated rings. The number of hydrogen-bond acceptors (Lipinski definition) is 4. The fourth-order valence-corrected chi connectivity index (χ4v) is 4.05. The summed E-state index contributed by atoms with van der Waals surface area (Å²) in [6, 6.07) is -0.331. The standard InChI is InChI=1S/C27H54N2O4/c1-2-3-4-5-6-10-15-20-25-33-26(31)21-16-11-13-18-23-29(27(28)32)22-17-12-8-7-9-14-19-24-30/h30H,2-25H2,1H3,(H2,28,32). The van der Waals surface area contributed by atoms with E-state index in [9.17, 15) is 9.59 Å². The van der Waals surface area contributed by atoms with Gasteiger partial charge < -0.3 is 20.5 Å². The first-order chi connectivity index (χ1) is 16.1. The number of aliphatic hydroxyl groups is 1. The molecule has 0 aromatic heterocycles. The number of urea groups is 1. The Kier molecular flexibility index (Phi) is 24.3. The normalized spacial score (nSPS) is 11.0. The average molecular weight is 471 g/mol. The highest BCUT2D eigenvalue weighted by molar-refractivity contribution is 5.71. The van der Waals surface area contributed by atoms with E-state index in [2.05, 4.69) is 6.92 Å². The van der Waals surface area contributed by atoms with Gasteiger partial charge in [0.25, 0.3) is 0 Å². The number of unbranched alkanes of at least 4 members (excludes halogenated alkanes) is 16. The van der Waals surface area contributed by atoms with Crippen LogP contribution in [0.1, 0.15) is 135 Å². The SMILES string of the molecule is CCCCCCCCCCOC(=O)CCCCCCN(CCCCCCCCCO)C(N)=O. The summed E-state index contributed by atoms with van der Waals surface area (Å²) in [4.78, 5) is 25.2. The fraction of sp³-hybridized carbons (Fsp3) is 0.926. The van der Waals surface area contributed by atoms with Crippen molar-refractivity contribution in [1.82, 2.24) is 4.90 Å². The van der Waals surface area contributed by atoms with Crippen molar-refractivity contribution in [2.24, 2.45) is 5.73 Å². The third-order valence-electron chi connectivity index (χ3n) is 6.22. The zero-order chi connectivity index (χ0) is 24.4. The maximum Gasteiger partial charge on any atom is 0.314 e. The number of carbonyl (C=O) groups is 2. The Hall–Kier alpha value is -1.30. The maximum atomic E-state index is 11.8. The molecule has 196 valence electrons. The van der Waals surface area contributed by atoms with Gasteiger partial charge in [0.15, 0.2) is 0 Å². The van der Waals surface area contributed by atoms with Crippen LogP contribution in [-0.2, 0) is 9.53 Å². The van der Waals surface area contributed by atoms with Crippen molar-refractivity contribution in [2.75, 3.05) is 26.3 Å². The van der Waals surface area contributed by atoms with Crippen molar-refractivity contribution >= 4 is 12.0 Å². The van der Waals surface area contributed by atoms with Gasteiger partial charge in [-0.1, -0.05) is 96.8 Å². The second kappa shape index (κ2) is 25.3. The summed E-state index contributed by atoms with van der Waals surface area (Å²) in [5, 5.41) is 8.77. The van der Waals surface area contributed by atoms with Gasteiger partial charge in [-0.2, -0.15) is 0 Å². The number of carbonyl (C=O) groups excluding carboxylic acids is 2. The highest BCUT2D eigenvalue weighted by atomic mass is 16.5. The number of nitrogens with zero attached hydrogens (tertiary/aromatic N) is 1. The van der Waals surface area contributed by atoms with E-state index in [1.807, 2.05) is 0 Å². The first kappa shape index (κ1) is 31.7. The van der Waals surface area contributed by atoms with E-state index < -0.39 is 0 Å². The number of aliphatic hydroxyl groups excluding tert-OH is 1. The lowest BCUT2D eigenvalue weighted by Crippen LogP contribution is -2.37. The van der Waals surface area contributed by atoms with Gasteiger partial charge in [-0.25, -0.2) is 4.79 Å². The minimum Gasteiger partial charge on any atom is -0.466 e. The summed E-state index contributed by atoms with van der Waals surface area (Å²) in [6.07, 6.45) is 21.9. The molecule has 0 rings (SSSR count). The van der Waals surface area contributed by atoms with Gasteiger partial charge in [-0.15, -0.1) is 0 Å². The third kappa shape index (κ3) is 23.6. The van der Waals surface area contributed by atoms with Crippen LogP contribution in [-0.4, -0.2) is 48.3 Å². The van der Waals surface area contributed by atoms with Crippen LogP contribution in [0, 0.1) is 0 Å². The minimum absolute atomic E-state index is 0.0759. The number of hydrogen-bond donors (Lipinski definition) is 2. The second-order valence-corrected chi connectivity index (χ2v) is 9.38. The van der Waals surface area contributed by atoms with Crippen LogP contribution in [0.3, 0.4) is 0 Å². The van der Waals surface area contributed by atoms with Crippen LogP contribution < -0.4 is 5.73 Å². The van der Waals surface area contributed by atoms with E-state index in [0.717, 1.165) is 70.8 Å². The number of amides is 2. The van der Waals surface area contributed by atoms with E-state index in [0.29, 0.717) is 19.6 Å². The molecule has 0 atom stereocenters. The number of esters is 1. The number of nitrogens with two attached hydrogens (primary N) is 1. The van der Waals surface area contributed by atoms with E-state index in [1.165, 1.54) is 57.8 Å². The highest BCUT2D eigenvalue weighted by Crippen LogP contribution is 2.11. The number of primary amides is 1. The van der Waals surface area contributed by atoms with Gasteiger partial charge in [0.05, 0.1) is 6.61 Å². The van der Waals surface area contributed by atoms with Gasteiger partial charge in [0.1, 0.15) is 0 Å². The van der Waals surface area contributed by atoms with Crippen LogP contribution in [0.15, 0.2) is 0 Å². The van der Waals surface area contributed by atoms with Crippen molar-refractivity contribution in [3.05, 3.63) is 0 Å². The molecule has 0 unspecified atom stereocenters. The van der Waals surface area contributed by atoms with E-state index in [4.69, 9.17) is 15.6 Å². The Morgan fingerprint density at radius 3 is 1.64 bits per heavy atom. The Morgan fingerprint density at radius 2 is 1.12 bits per heavy atom. The zero-order valence-corrected chi connectivity index (χ0v) is 21.7. The van der Waals surface area contributed by atoms with Crippen molar-refractivity contribution < 1.29 is 19.4 Å². The topological polar surface area (TPSA) is 92.9 Å². The second-order valence-electron chi connectivity index (χ2n) is 9.38. The lowest BCUT2D eigenvalue weighted by Gasteiger charge is -2.20. The molecule has 0 aliphatic rings. The molecule has 3 N–H and O–H groups in total. The van der Waals surface area contributed by atoms with Gasteiger partial charge in [-0.3, -0.25) is 4.79 Å². The van der Waals surface area contributed by atoms with Gasteiger partial charge in [-0.05, 0) is 32.1 Å². The molecule has 0 spiro atoms. The summed E-state index contributed by atoms with van der Waals surface area (Å²) in [5.41, 5.74) is 5.52.